The van der Waals surface area contributed by atoms with Crippen molar-refractivity contribution in [1.82, 2.24) is 19.8 Å². The normalized spacial score (nSPS) is 15.2. The molecule has 0 saturated carbocycles. The number of para-hydroxylation sites is 2. The number of nitrogens with one attached hydrogen (secondary N) is 2. The van der Waals surface area contributed by atoms with Gasteiger partial charge in [0.25, 0.3) is 0 Å². The Balaban J connectivity index is 1.23. The van der Waals surface area contributed by atoms with Gasteiger partial charge in [-0.3, -0.25) is 14.3 Å². The molecule has 1 saturated heterocycles. The molecule has 168 valence electrons. The van der Waals surface area contributed by atoms with Crippen molar-refractivity contribution in [3.63, 3.8) is 0 Å². The van der Waals surface area contributed by atoms with Crippen LogP contribution in [0.2, 0.25) is 0 Å². The number of aromatic amines is 1. The van der Waals surface area contributed by atoms with Crippen LogP contribution in [-0.4, -0.2) is 40.0 Å². The predicted molar refractivity (Wildman–Crippen MR) is 130 cm³/mol. The van der Waals surface area contributed by atoms with E-state index in [1.165, 1.54) is 0 Å². The minimum atomic E-state index is -0.178. The minimum Gasteiger partial charge on any atom is -0.344 e. The number of H-pyrrole nitrogens is 1. The molecule has 1 aliphatic rings. The van der Waals surface area contributed by atoms with Crippen molar-refractivity contribution in [2.24, 2.45) is 0 Å². The Kier molecular flexibility index (Phi) is 6.09. The van der Waals surface area contributed by atoms with E-state index in [-0.39, 0.29) is 23.7 Å². The van der Waals surface area contributed by atoms with Crippen LogP contribution >= 0.6 is 0 Å². The van der Waals surface area contributed by atoms with Crippen LogP contribution in [0.15, 0.2) is 89.7 Å². The number of likely N-dealkylation sites (tertiary alicyclic amines) is 1. The van der Waals surface area contributed by atoms with E-state index >= 15 is 0 Å². The van der Waals surface area contributed by atoms with E-state index in [4.69, 9.17) is 0 Å². The second kappa shape index (κ2) is 9.46. The van der Waals surface area contributed by atoms with E-state index in [0.29, 0.717) is 6.54 Å². The number of carbonyl (C=O) groups is 1. The van der Waals surface area contributed by atoms with Crippen molar-refractivity contribution < 1.29 is 4.79 Å². The van der Waals surface area contributed by atoms with Gasteiger partial charge in [-0.2, -0.15) is 0 Å². The van der Waals surface area contributed by atoms with Crippen LogP contribution in [0.4, 0.5) is 0 Å². The fraction of sp³-hybridized carbons (Fsp3) is 0.259. The number of hydrogen-bond donors (Lipinski definition) is 2. The Morgan fingerprint density at radius 1 is 0.879 bits per heavy atom. The Morgan fingerprint density at radius 3 is 2.09 bits per heavy atom. The molecular formula is C27H28N4O2. The number of rotatable bonds is 6. The van der Waals surface area contributed by atoms with Crippen molar-refractivity contribution in [2.45, 2.75) is 24.9 Å². The number of amides is 1. The highest BCUT2D eigenvalue weighted by Crippen LogP contribution is 2.25. The maximum Gasteiger partial charge on any atom is 0.326 e. The van der Waals surface area contributed by atoms with Crippen molar-refractivity contribution in [3.8, 4) is 0 Å². The standard InChI is InChI=1S/C27H28N4O2/c32-25(29-26(20-9-3-1-4-10-20)21-11-5-2-6-12-21)19-30-17-15-22(16-18-30)31-24-14-8-7-13-23(24)28-27(31)33/h1-14,22,26H,15-19H2,(H,28,33)(H,29,32). The highest BCUT2D eigenvalue weighted by Gasteiger charge is 2.25. The summed E-state index contributed by atoms with van der Waals surface area (Å²) < 4.78 is 1.88. The summed E-state index contributed by atoms with van der Waals surface area (Å²) in [6.07, 6.45) is 1.69. The molecule has 0 bridgehead atoms. The highest BCUT2D eigenvalue weighted by atomic mass is 16.2. The van der Waals surface area contributed by atoms with Gasteiger partial charge in [-0.25, -0.2) is 4.79 Å². The van der Waals surface area contributed by atoms with Gasteiger partial charge in [-0.15, -0.1) is 0 Å². The maximum absolute atomic E-state index is 13.0. The highest BCUT2D eigenvalue weighted by molar-refractivity contribution is 5.79. The van der Waals surface area contributed by atoms with E-state index < -0.39 is 0 Å². The van der Waals surface area contributed by atoms with E-state index in [9.17, 15) is 9.59 Å². The molecule has 0 atom stereocenters. The molecule has 2 N–H and O–H groups in total. The van der Waals surface area contributed by atoms with Gasteiger partial charge in [0.05, 0.1) is 23.6 Å². The van der Waals surface area contributed by atoms with Gasteiger partial charge in [-0.1, -0.05) is 72.8 Å². The number of fused-ring (bicyclic) bond motifs is 1. The smallest absolute Gasteiger partial charge is 0.326 e. The molecule has 0 unspecified atom stereocenters. The summed E-state index contributed by atoms with van der Waals surface area (Å²) in [6.45, 7) is 1.92. The topological polar surface area (TPSA) is 70.1 Å². The van der Waals surface area contributed by atoms with Gasteiger partial charge in [0, 0.05) is 19.1 Å². The molecule has 6 nitrogen and oxygen atoms in total. The Labute approximate surface area is 192 Å². The number of piperidine rings is 1. The quantitative estimate of drug-likeness (QED) is 0.478. The summed E-state index contributed by atoms with van der Waals surface area (Å²) in [6, 6.07) is 27.9. The number of nitrogens with zero attached hydrogens (tertiary/aromatic N) is 2. The molecule has 0 radical (unpaired) electrons. The average Bonchev–Trinajstić information content (AvgIpc) is 3.20. The van der Waals surface area contributed by atoms with Crippen LogP contribution in [0.3, 0.4) is 0 Å². The first-order valence-corrected chi connectivity index (χ1v) is 11.5. The molecule has 33 heavy (non-hydrogen) atoms. The third-order valence-corrected chi connectivity index (χ3v) is 6.48. The van der Waals surface area contributed by atoms with Crippen LogP contribution < -0.4 is 11.0 Å². The molecule has 1 aromatic heterocycles. The third-order valence-electron chi connectivity index (χ3n) is 6.48. The maximum atomic E-state index is 13.0. The Bertz CT molecular complexity index is 1230. The largest absolute Gasteiger partial charge is 0.344 e. The fourth-order valence-corrected chi connectivity index (χ4v) is 4.83. The van der Waals surface area contributed by atoms with Crippen LogP contribution in [0.5, 0.6) is 0 Å². The molecule has 5 rings (SSSR count). The molecule has 0 spiro atoms. The number of carbonyl (C=O) groups excluding carboxylic acids is 1. The lowest BCUT2D eigenvalue weighted by Crippen LogP contribution is -2.43. The van der Waals surface area contributed by atoms with Gasteiger partial charge >= 0.3 is 5.69 Å². The molecule has 1 amide bonds. The van der Waals surface area contributed by atoms with E-state index in [2.05, 4.69) is 15.2 Å². The number of benzene rings is 3. The Hall–Kier alpha value is -3.64. The van der Waals surface area contributed by atoms with E-state index in [0.717, 1.165) is 48.1 Å². The van der Waals surface area contributed by atoms with Crippen LogP contribution in [-0.2, 0) is 4.79 Å². The van der Waals surface area contributed by atoms with Crippen molar-refractivity contribution in [1.29, 1.82) is 0 Å². The first-order chi connectivity index (χ1) is 16.2. The van der Waals surface area contributed by atoms with Crippen LogP contribution in [0.1, 0.15) is 36.1 Å². The zero-order valence-corrected chi connectivity index (χ0v) is 18.5. The van der Waals surface area contributed by atoms with Gasteiger partial charge in [0.1, 0.15) is 0 Å². The number of aromatic nitrogens is 2. The average molecular weight is 441 g/mol. The lowest BCUT2D eigenvalue weighted by atomic mass is 9.98. The lowest BCUT2D eigenvalue weighted by Gasteiger charge is -2.32. The molecule has 6 heteroatoms. The van der Waals surface area contributed by atoms with E-state index in [1.54, 1.807) is 0 Å². The van der Waals surface area contributed by atoms with Gasteiger partial charge < -0.3 is 10.3 Å². The molecule has 2 heterocycles. The Morgan fingerprint density at radius 2 is 1.45 bits per heavy atom. The molecular weight excluding hydrogens is 412 g/mol. The van der Waals surface area contributed by atoms with E-state index in [1.807, 2.05) is 89.5 Å². The summed E-state index contributed by atoms with van der Waals surface area (Å²) in [5, 5.41) is 3.23. The monoisotopic (exact) mass is 440 g/mol. The molecule has 4 aromatic rings. The van der Waals surface area contributed by atoms with Gasteiger partial charge in [0.2, 0.25) is 5.91 Å². The summed E-state index contributed by atoms with van der Waals surface area (Å²) >= 11 is 0. The van der Waals surface area contributed by atoms with Crippen molar-refractivity contribution >= 4 is 16.9 Å². The second-order valence-electron chi connectivity index (χ2n) is 8.65. The predicted octanol–water partition coefficient (Wildman–Crippen LogP) is 3.87. The fourth-order valence-electron chi connectivity index (χ4n) is 4.83. The third kappa shape index (κ3) is 4.61. The van der Waals surface area contributed by atoms with Gasteiger partial charge in [0.15, 0.2) is 0 Å². The number of hydrogen-bond acceptors (Lipinski definition) is 3. The SMILES string of the molecule is O=C(CN1CCC(n2c(=O)[nH]c3ccccc32)CC1)NC(c1ccccc1)c1ccccc1. The molecule has 1 aliphatic heterocycles. The summed E-state index contributed by atoms with van der Waals surface area (Å²) in [5.74, 6) is 0.00965. The van der Waals surface area contributed by atoms with Gasteiger partial charge in [-0.05, 0) is 36.1 Å². The van der Waals surface area contributed by atoms with Crippen molar-refractivity contribution in [3.05, 3.63) is 107 Å². The summed E-state index contributed by atoms with van der Waals surface area (Å²) in [7, 11) is 0. The second-order valence-corrected chi connectivity index (χ2v) is 8.65. The minimum absolute atomic E-state index is 0.00965. The van der Waals surface area contributed by atoms with Crippen LogP contribution in [0, 0.1) is 0 Å². The van der Waals surface area contributed by atoms with Crippen LogP contribution in [0.25, 0.3) is 11.0 Å². The lowest BCUT2D eigenvalue weighted by molar-refractivity contribution is -0.123. The molecule has 0 aliphatic carbocycles. The molecule has 3 aromatic carbocycles. The molecule has 1 fully saturated rings. The van der Waals surface area contributed by atoms with Crippen molar-refractivity contribution in [2.75, 3.05) is 19.6 Å². The first-order valence-electron chi connectivity index (χ1n) is 11.5. The zero-order valence-electron chi connectivity index (χ0n) is 18.5. The summed E-state index contributed by atoms with van der Waals surface area (Å²) in [5.41, 5.74) is 3.90. The number of imidazole rings is 1. The first kappa shape index (κ1) is 21.2. The zero-order chi connectivity index (χ0) is 22.6. The summed E-state index contributed by atoms with van der Waals surface area (Å²) in [4.78, 5) is 30.6.